The third kappa shape index (κ3) is 2.37. The Hall–Kier alpha value is -1.33. The molecule has 15 heavy (non-hydrogen) atoms. The van der Waals surface area contributed by atoms with Crippen LogP contribution in [0.25, 0.3) is 0 Å². The molecule has 2 aromatic heterocycles. The number of nitrogens with one attached hydrogen (secondary N) is 1. The minimum absolute atomic E-state index is 0.165. The maximum atomic E-state index is 5.76. The molecule has 0 aliphatic rings. The molecule has 0 spiro atoms. The van der Waals surface area contributed by atoms with Gasteiger partial charge in [-0.3, -0.25) is 0 Å². The van der Waals surface area contributed by atoms with Gasteiger partial charge in [0, 0.05) is 11.4 Å². The van der Waals surface area contributed by atoms with E-state index in [0.717, 1.165) is 11.3 Å². The zero-order chi connectivity index (χ0) is 10.8. The second kappa shape index (κ2) is 4.04. The van der Waals surface area contributed by atoms with E-state index in [1.54, 1.807) is 17.4 Å². The molecule has 0 amide bonds. The maximum Gasteiger partial charge on any atom is 0.223 e. The van der Waals surface area contributed by atoms with Crippen LogP contribution in [0.2, 0.25) is 5.15 Å². The first-order valence-electron chi connectivity index (χ1n) is 4.25. The van der Waals surface area contributed by atoms with Crippen molar-refractivity contribution in [3.05, 3.63) is 27.5 Å². The lowest BCUT2D eigenvalue weighted by Crippen LogP contribution is -1.99. The molecule has 0 aliphatic carbocycles. The van der Waals surface area contributed by atoms with E-state index in [-0.39, 0.29) is 5.95 Å². The number of aromatic nitrogens is 2. The molecule has 0 aliphatic heterocycles. The number of thiophene rings is 1. The van der Waals surface area contributed by atoms with Gasteiger partial charge in [0.2, 0.25) is 5.95 Å². The number of halogens is 1. The number of hydrogen-bond acceptors (Lipinski definition) is 5. The van der Waals surface area contributed by atoms with E-state index in [2.05, 4.69) is 20.7 Å². The van der Waals surface area contributed by atoms with Gasteiger partial charge in [-0.15, -0.1) is 11.3 Å². The zero-order valence-electron chi connectivity index (χ0n) is 7.99. The van der Waals surface area contributed by atoms with Crippen molar-refractivity contribution >= 4 is 40.4 Å². The fourth-order valence-electron chi connectivity index (χ4n) is 1.13. The average Bonchev–Trinajstić information content (AvgIpc) is 2.50. The van der Waals surface area contributed by atoms with Gasteiger partial charge in [0.15, 0.2) is 0 Å². The van der Waals surface area contributed by atoms with Crippen molar-refractivity contribution in [3.8, 4) is 0 Å². The summed E-state index contributed by atoms with van der Waals surface area (Å²) in [6.07, 6.45) is 0. The molecule has 3 N–H and O–H groups in total. The highest BCUT2D eigenvalue weighted by Crippen LogP contribution is 2.24. The molecule has 2 heterocycles. The van der Waals surface area contributed by atoms with Crippen molar-refractivity contribution in [2.75, 3.05) is 11.1 Å². The normalized spacial score (nSPS) is 10.3. The third-order valence-electron chi connectivity index (χ3n) is 1.83. The summed E-state index contributed by atoms with van der Waals surface area (Å²) in [6, 6.07) is 1.63. The van der Waals surface area contributed by atoms with Crippen LogP contribution in [0.1, 0.15) is 5.56 Å². The van der Waals surface area contributed by atoms with Crippen molar-refractivity contribution < 1.29 is 0 Å². The van der Waals surface area contributed by atoms with E-state index in [9.17, 15) is 0 Å². The van der Waals surface area contributed by atoms with E-state index in [1.165, 1.54) is 0 Å². The largest absolute Gasteiger partial charge is 0.368 e. The monoisotopic (exact) mass is 240 g/mol. The number of nitrogen functional groups attached to an aromatic ring is 1. The number of hydrogen-bond donors (Lipinski definition) is 2. The molecule has 0 unspecified atom stereocenters. The van der Waals surface area contributed by atoms with Crippen LogP contribution in [-0.2, 0) is 0 Å². The number of nitrogens with two attached hydrogens (primary N) is 1. The van der Waals surface area contributed by atoms with Crippen LogP contribution in [0.3, 0.4) is 0 Å². The Morgan fingerprint density at radius 2 is 2.20 bits per heavy atom. The smallest absolute Gasteiger partial charge is 0.223 e. The molecule has 78 valence electrons. The number of nitrogens with zero attached hydrogens (tertiary/aromatic N) is 2. The summed E-state index contributed by atoms with van der Waals surface area (Å²) in [5.74, 6) is 0.770. The molecule has 0 aromatic carbocycles. The first-order chi connectivity index (χ1) is 7.15. The molecule has 0 saturated heterocycles. The molecule has 2 rings (SSSR count). The molecule has 2 aromatic rings. The van der Waals surface area contributed by atoms with Crippen molar-refractivity contribution in [1.29, 1.82) is 0 Å². The Kier molecular flexibility index (Phi) is 2.75. The Morgan fingerprint density at radius 1 is 1.40 bits per heavy atom. The van der Waals surface area contributed by atoms with Gasteiger partial charge >= 0.3 is 0 Å². The van der Waals surface area contributed by atoms with Crippen LogP contribution in [0.15, 0.2) is 16.8 Å². The van der Waals surface area contributed by atoms with Gasteiger partial charge in [-0.2, -0.15) is 4.98 Å². The molecule has 0 saturated carbocycles. The summed E-state index contributed by atoms with van der Waals surface area (Å²) in [7, 11) is 0. The topological polar surface area (TPSA) is 63.8 Å². The third-order valence-corrected chi connectivity index (χ3v) is 2.89. The van der Waals surface area contributed by atoms with E-state index < -0.39 is 0 Å². The van der Waals surface area contributed by atoms with Crippen LogP contribution < -0.4 is 11.1 Å². The summed E-state index contributed by atoms with van der Waals surface area (Å²) < 4.78 is 0. The van der Waals surface area contributed by atoms with Gasteiger partial charge < -0.3 is 11.1 Å². The summed E-state index contributed by atoms with van der Waals surface area (Å²) in [5, 5.41) is 7.51. The van der Waals surface area contributed by atoms with E-state index >= 15 is 0 Å². The highest BCUT2D eigenvalue weighted by Gasteiger charge is 2.03. The average molecular weight is 241 g/mol. The van der Waals surface area contributed by atoms with E-state index in [4.69, 9.17) is 17.3 Å². The second-order valence-corrected chi connectivity index (χ2v) is 4.16. The fraction of sp³-hybridized carbons (Fsp3) is 0.111. The molecule has 0 fully saturated rings. The first-order valence-corrected chi connectivity index (χ1v) is 5.57. The first kappa shape index (κ1) is 10.2. The quantitative estimate of drug-likeness (QED) is 0.793. The Labute approximate surface area is 96.1 Å². The summed E-state index contributed by atoms with van der Waals surface area (Å²) >= 11 is 7.39. The number of aryl methyl sites for hydroxylation is 1. The molecular weight excluding hydrogens is 232 g/mol. The maximum absolute atomic E-state index is 5.76. The molecule has 6 heteroatoms. The van der Waals surface area contributed by atoms with Gasteiger partial charge in [0.25, 0.3) is 0 Å². The fourth-order valence-corrected chi connectivity index (χ4v) is 2.10. The molecule has 0 bridgehead atoms. The standard InChI is InChI=1S/C9H9ClN4S/c1-5-3-15-4-6(5)12-8-2-7(10)13-9(11)14-8/h2-4H,1H3,(H3,11,12,13,14). The van der Waals surface area contributed by atoms with E-state index in [0.29, 0.717) is 11.0 Å². The predicted octanol–water partition coefficient (Wildman–Crippen LogP) is 2.83. The Bertz CT molecular complexity index is 462. The minimum atomic E-state index is 0.165. The Balaban J connectivity index is 2.28. The van der Waals surface area contributed by atoms with Gasteiger partial charge in [-0.1, -0.05) is 11.6 Å². The lowest BCUT2D eigenvalue weighted by molar-refractivity contribution is 1.18. The summed E-state index contributed by atoms with van der Waals surface area (Å²) in [6.45, 7) is 2.02. The van der Waals surface area contributed by atoms with Gasteiger partial charge in [-0.25, -0.2) is 4.98 Å². The van der Waals surface area contributed by atoms with Crippen molar-refractivity contribution in [3.63, 3.8) is 0 Å². The predicted molar refractivity (Wildman–Crippen MR) is 63.8 cm³/mol. The minimum Gasteiger partial charge on any atom is -0.368 e. The van der Waals surface area contributed by atoms with E-state index in [1.807, 2.05) is 12.3 Å². The Morgan fingerprint density at radius 3 is 2.80 bits per heavy atom. The molecule has 4 nitrogen and oxygen atoms in total. The van der Waals surface area contributed by atoms with Crippen molar-refractivity contribution in [1.82, 2.24) is 9.97 Å². The molecular formula is C9H9ClN4S. The summed E-state index contributed by atoms with van der Waals surface area (Å²) in [5.41, 5.74) is 7.65. The number of anilines is 3. The highest BCUT2D eigenvalue weighted by molar-refractivity contribution is 7.08. The van der Waals surface area contributed by atoms with Crippen LogP contribution >= 0.6 is 22.9 Å². The van der Waals surface area contributed by atoms with Crippen LogP contribution in [-0.4, -0.2) is 9.97 Å². The molecule has 0 radical (unpaired) electrons. The van der Waals surface area contributed by atoms with Crippen LogP contribution in [0.4, 0.5) is 17.5 Å². The van der Waals surface area contributed by atoms with Crippen molar-refractivity contribution in [2.24, 2.45) is 0 Å². The number of rotatable bonds is 2. The zero-order valence-corrected chi connectivity index (χ0v) is 9.56. The second-order valence-electron chi connectivity index (χ2n) is 3.03. The van der Waals surface area contributed by atoms with Gasteiger partial charge in [-0.05, 0) is 17.9 Å². The summed E-state index contributed by atoms with van der Waals surface area (Å²) in [4.78, 5) is 7.81. The van der Waals surface area contributed by atoms with Crippen LogP contribution in [0.5, 0.6) is 0 Å². The van der Waals surface area contributed by atoms with Crippen molar-refractivity contribution in [2.45, 2.75) is 6.92 Å². The SMILES string of the molecule is Cc1cscc1Nc1cc(Cl)nc(N)n1. The molecule has 0 atom stereocenters. The highest BCUT2D eigenvalue weighted by atomic mass is 35.5. The van der Waals surface area contributed by atoms with Crippen LogP contribution in [0, 0.1) is 6.92 Å². The lowest BCUT2D eigenvalue weighted by atomic mass is 10.3. The lowest BCUT2D eigenvalue weighted by Gasteiger charge is -2.05. The van der Waals surface area contributed by atoms with Gasteiger partial charge in [0.1, 0.15) is 11.0 Å². The van der Waals surface area contributed by atoms with Gasteiger partial charge in [0.05, 0.1) is 5.69 Å².